The summed E-state index contributed by atoms with van der Waals surface area (Å²) in [5.74, 6) is 3.41. The van der Waals surface area contributed by atoms with E-state index in [0.717, 1.165) is 48.2 Å². The van der Waals surface area contributed by atoms with E-state index in [9.17, 15) is 5.11 Å². The van der Waals surface area contributed by atoms with Crippen molar-refractivity contribution in [2.45, 2.75) is 32.2 Å². The first kappa shape index (κ1) is 21.4. The van der Waals surface area contributed by atoms with E-state index in [1.165, 1.54) is 31.2 Å². The van der Waals surface area contributed by atoms with Gasteiger partial charge in [-0.05, 0) is 73.9 Å². The van der Waals surface area contributed by atoms with Crippen LogP contribution in [0, 0.1) is 11.8 Å². The smallest absolute Gasteiger partial charge is 0.225 e. The molecular formula is C25H33N5O. The molecule has 0 radical (unpaired) electrons. The highest BCUT2D eigenvalue weighted by Crippen LogP contribution is 2.29. The molecule has 1 saturated carbocycles. The van der Waals surface area contributed by atoms with Gasteiger partial charge in [-0.15, -0.1) is 0 Å². The van der Waals surface area contributed by atoms with Crippen LogP contribution in [0.5, 0.6) is 5.75 Å². The van der Waals surface area contributed by atoms with E-state index in [0.29, 0.717) is 11.7 Å². The van der Waals surface area contributed by atoms with Gasteiger partial charge in [0.15, 0.2) is 0 Å². The van der Waals surface area contributed by atoms with Gasteiger partial charge in [-0.2, -0.15) is 4.98 Å². The van der Waals surface area contributed by atoms with E-state index in [1.807, 2.05) is 49.3 Å². The van der Waals surface area contributed by atoms with Crippen LogP contribution < -0.4 is 15.5 Å². The van der Waals surface area contributed by atoms with Crippen LogP contribution >= 0.6 is 0 Å². The highest BCUT2D eigenvalue weighted by molar-refractivity contribution is 5.90. The van der Waals surface area contributed by atoms with Gasteiger partial charge in [0.2, 0.25) is 5.95 Å². The van der Waals surface area contributed by atoms with Crippen molar-refractivity contribution in [3.05, 3.63) is 54.1 Å². The second-order valence-corrected chi connectivity index (χ2v) is 8.85. The van der Waals surface area contributed by atoms with Gasteiger partial charge < -0.3 is 20.6 Å². The predicted octanol–water partition coefficient (Wildman–Crippen LogP) is 4.41. The van der Waals surface area contributed by atoms with Crippen molar-refractivity contribution in [1.29, 1.82) is 0 Å². The zero-order valence-electron chi connectivity index (χ0n) is 18.5. The predicted molar refractivity (Wildman–Crippen MR) is 128 cm³/mol. The summed E-state index contributed by atoms with van der Waals surface area (Å²) in [6.45, 7) is 2.84. The van der Waals surface area contributed by atoms with Crippen molar-refractivity contribution < 1.29 is 5.11 Å². The summed E-state index contributed by atoms with van der Waals surface area (Å²) < 4.78 is 0. The Hall–Kier alpha value is -2.86. The maximum absolute atomic E-state index is 9.38. The zero-order valence-corrected chi connectivity index (χ0v) is 18.5. The summed E-state index contributed by atoms with van der Waals surface area (Å²) in [5.41, 5.74) is 2.19. The molecule has 0 saturated heterocycles. The molecule has 1 aromatic heterocycles. The molecule has 1 fully saturated rings. The normalized spacial score (nSPS) is 18.8. The second-order valence-electron chi connectivity index (χ2n) is 8.85. The monoisotopic (exact) mass is 419 g/mol. The van der Waals surface area contributed by atoms with E-state index in [4.69, 9.17) is 9.97 Å². The maximum atomic E-state index is 9.38. The van der Waals surface area contributed by atoms with E-state index in [-0.39, 0.29) is 0 Å². The lowest BCUT2D eigenvalue weighted by molar-refractivity contribution is 0.275. The van der Waals surface area contributed by atoms with Gasteiger partial charge in [0.1, 0.15) is 11.6 Å². The van der Waals surface area contributed by atoms with E-state index in [2.05, 4.69) is 16.7 Å². The van der Waals surface area contributed by atoms with Crippen LogP contribution in [0.4, 0.5) is 11.8 Å². The van der Waals surface area contributed by atoms with Crippen molar-refractivity contribution in [3.63, 3.8) is 0 Å². The largest absolute Gasteiger partial charge is 0.508 e. The number of hydrogen-bond acceptors (Lipinski definition) is 6. The first-order valence-corrected chi connectivity index (χ1v) is 11.2. The number of rotatable bonds is 8. The summed E-state index contributed by atoms with van der Waals surface area (Å²) in [4.78, 5) is 11.5. The van der Waals surface area contributed by atoms with Gasteiger partial charge in [-0.1, -0.05) is 24.3 Å². The van der Waals surface area contributed by atoms with Gasteiger partial charge in [-0.3, -0.25) is 0 Å². The standard InChI is InChI=1S/C25H33N5O/c1-30(2)24-22-5-3-4-6-23(22)28-25(29-24)27-17-20-9-7-18(8-10-20)15-26-16-19-11-13-21(31)14-12-19/h3-6,11-14,18,20,26,31H,7-10,15-17H2,1-2H3,(H,27,28,29). The van der Waals surface area contributed by atoms with Gasteiger partial charge in [0.25, 0.3) is 0 Å². The molecule has 0 bridgehead atoms. The third-order valence-electron chi connectivity index (χ3n) is 6.22. The topological polar surface area (TPSA) is 73.3 Å². The number of benzene rings is 2. The molecule has 4 rings (SSSR count). The van der Waals surface area contributed by atoms with E-state index >= 15 is 0 Å². The van der Waals surface area contributed by atoms with Crippen molar-refractivity contribution in [1.82, 2.24) is 15.3 Å². The fourth-order valence-corrected chi connectivity index (χ4v) is 4.39. The summed E-state index contributed by atoms with van der Waals surface area (Å²) in [6.07, 6.45) is 5.01. The molecule has 1 aliphatic rings. The second kappa shape index (κ2) is 9.96. The minimum Gasteiger partial charge on any atom is -0.508 e. The summed E-state index contributed by atoms with van der Waals surface area (Å²) in [6, 6.07) is 15.6. The number of nitrogens with one attached hydrogen (secondary N) is 2. The fraction of sp³-hybridized carbons (Fsp3) is 0.440. The average Bonchev–Trinajstić information content (AvgIpc) is 2.79. The van der Waals surface area contributed by atoms with Crippen LogP contribution in [0.3, 0.4) is 0 Å². The van der Waals surface area contributed by atoms with Crippen LogP contribution in [-0.2, 0) is 6.54 Å². The number of para-hydroxylation sites is 1. The molecule has 164 valence electrons. The molecule has 3 N–H and O–H groups in total. The van der Waals surface area contributed by atoms with Gasteiger partial charge >= 0.3 is 0 Å². The molecule has 1 heterocycles. The molecule has 0 atom stereocenters. The molecular weight excluding hydrogens is 386 g/mol. The molecule has 31 heavy (non-hydrogen) atoms. The number of nitrogens with zero attached hydrogens (tertiary/aromatic N) is 3. The molecule has 0 spiro atoms. The molecule has 0 amide bonds. The third-order valence-corrected chi connectivity index (χ3v) is 6.22. The van der Waals surface area contributed by atoms with Crippen molar-refractivity contribution >= 4 is 22.7 Å². The summed E-state index contributed by atoms with van der Waals surface area (Å²) in [7, 11) is 4.05. The number of fused-ring (bicyclic) bond motifs is 1. The number of aromatic nitrogens is 2. The first-order valence-electron chi connectivity index (χ1n) is 11.2. The Balaban J connectivity index is 1.23. The molecule has 3 aromatic rings. The van der Waals surface area contributed by atoms with Crippen LogP contribution in [0.15, 0.2) is 48.5 Å². The van der Waals surface area contributed by atoms with Gasteiger partial charge in [0.05, 0.1) is 5.52 Å². The van der Waals surface area contributed by atoms with Gasteiger partial charge in [0, 0.05) is 32.6 Å². The van der Waals surface area contributed by atoms with E-state index < -0.39 is 0 Å². The lowest BCUT2D eigenvalue weighted by Crippen LogP contribution is -2.28. The number of hydrogen-bond donors (Lipinski definition) is 3. The quantitative estimate of drug-likeness (QED) is 0.502. The SMILES string of the molecule is CN(C)c1nc(NCC2CCC(CNCc3ccc(O)cc3)CC2)nc2ccccc12. The summed E-state index contributed by atoms with van der Waals surface area (Å²) in [5, 5.41) is 17.5. The molecule has 2 aromatic carbocycles. The lowest BCUT2D eigenvalue weighted by atomic mass is 9.82. The highest BCUT2D eigenvalue weighted by Gasteiger charge is 2.21. The molecule has 6 heteroatoms. The number of phenolic OH excluding ortho intramolecular Hbond substituents is 1. The Kier molecular flexibility index (Phi) is 6.87. The minimum absolute atomic E-state index is 0.322. The van der Waals surface area contributed by atoms with Crippen LogP contribution in [0.1, 0.15) is 31.2 Å². The Bertz CT molecular complexity index is 981. The highest BCUT2D eigenvalue weighted by atomic mass is 16.3. The van der Waals surface area contributed by atoms with Crippen LogP contribution in [-0.4, -0.2) is 42.3 Å². The molecule has 1 aliphatic carbocycles. The fourth-order valence-electron chi connectivity index (χ4n) is 4.39. The van der Waals surface area contributed by atoms with Crippen molar-refractivity contribution in [2.24, 2.45) is 11.8 Å². The number of aromatic hydroxyl groups is 1. The molecule has 0 aliphatic heterocycles. The minimum atomic E-state index is 0.322. The Morgan fingerprint density at radius 3 is 2.29 bits per heavy atom. The Morgan fingerprint density at radius 2 is 1.58 bits per heavy atom. The van der Waals surface area contributed by atoms with Crippen molar-refractivity contribution in [3.8, 4) is 5.75 Å². The number of anilines is 2. The maximum Gasteiger partial charge on any atom is 0.225 e. The third kappa shape index (κ3) is 5.64. The Morgan fingerprint density at radius 1 is 0.903 bits per heavy atom. The average molecular weight is 420 g/mol. The van der Waals surface area contributed by atoms with Crippen LogP contribution in [0.2, 0.25) is 0 Å². The van der Waals surface area contributed by atoms with Crippen LogP contribution in [0.25, 0.3) is 10.9 Å². The molecule has 6 nitrogen and oxygen atoms in total. The molecule has 0 unspecified atom stereocenters. The zero-order chi connectivity index (χ0) is 21.6. The Labute approximate surface area is 184 Å². The summed E-state index contributed by atoms with van der Waals surface area (Å²) >= 11 is 0. The number of phenols is 1. The van der Waals surface area contributed by atoms with Gasteiger partial charge in [-0.25, -0.2) is 4.98 Å². The van der Waals surface area contributed by atoms with Crippen molar-refractivity contribution in [2.75, 3.05) is 37.4 Å². The first-order chi connectivity index (χ1) is 15.1. The lowest BCUT2D eigenvalue weighted by Gasteiger charge is -2.29. The van der Waals surface area contributed by atoms with E-state index in [1.54, 1.807) is 12.1 Å².